The largest absolute Gasteiger partial charge is 0.495 e. The summed E-state index contributed by atoms with van der Waals surface area (Å²) >= 11 is 13.5. The Hall–Kier alpha value is -3.97. The van der Waals surface area contributed by atoms with E-state index in [0.717, 1.165) is 12.0 Å². The van der Waals surface area contributed by atoms with Crippen LogP contribution in [0.3, 0.4) is 0 Å². The highest BCUT2D eigenvalue weighted by Crippen LogP contribution is 2.46. The van der Waals surface area contributed by atoms with Crippen LogP contribution in [0.1, 0.15) is 18.4 Å². The molecular weight excluding hydrogens is 621 g/mol. The number of aromatic nitrogens is 5. The van der Waals surface area contributed by atoms with E-state index in [0.29, 0.717) is 84.8 Å². The molecule has 3 aromatic heterocycles. The van der Waals surface area contributed by atoms with Gasteiger partial charge in [-0.1, -0.05) is 29.8 Å². The number of carbonyl (C=O) groups is 1. The number of pyridine rings is 1. The van der Waals surface area contributed by atoms with E-state index in [4.69, 9.17) is 52.1 Å². The molecule has 238 valence electrons. The summed E-state index contributed by atoms with van der Waals surface area (Å²) < 4.78 is 23.7. The summed E-state index contributed by atoms with van der Waals surface area (Å²) in [6.45, 7) is 6.23. The molecule has 1 aromatic carbocycles. The maximum absolute atomic E-state index is 12.1. The highest BCUT2D eigenvalue weighted by Gasteiger charge is 2.28. The number of hydrogen-bond donors (Lipinski definition) is 2. The second kappa shape index (κ2) is 14.9. The van der Waals surface area contributed by atoms with E-state index < -0.39 is 0 Å². The summed E-state index contributed by atoms with van der Waals surface area (Å²) in [5.74, 6) is 1.70. The number of hydrogen-bond acceptors (Lipinski definition) is 11. The standard InChI is InChI=1S/C31H35Cl2N7O5/c1-5-21(41)10-19-6-8-45-17-23(19)38-31-35-15-20-11-22(26-27(32)24(43-3)12-25(44-4)28(26)33)37-30(29(20)39-31)34-13-18-14-36-40(16-18)7-9-42-2/h5,11-12,14-16,19,23H,1,6-10,13,17H2,2-4H3,(H,34,37)(H,35,38,39)/t19-,23-/m1/s1. The predicted octanol–water partition coefficient (Wildman–Crippen LogP) is 5.43. The molecule has 2 N–H and O–H groups in total. The lowest BCUT2D eigenvalue weighted by atomic mass is 9.90. The molecular formula is C31H35Cl2N7O5. The van der Waals surface area contributed by atoms with Crippen LogP contribution >= 0.6 is 23.2 Å². The van der Waals surface area contributed by atoms with Crippen LogP contribution in [-0.2, 0) is 27.4 Å². The number of nitrogens with zero attached hydrogens (tertiary/aromatic N) is 5. The van der Waals surface area contributed by atoms with Gasteiger partial charge in [0.15, 0.2) is 11.6 Å². The molecule has 4 aromatic rings. The molecule has 4 heterocycles. The van der Waals surface area contributed by atoms with Gasteiger partial charge in [0.2, 0.25) is 5.95 Å². The third-order valence-corrected chi connectivity index (χ3v) is 8.32. The Morgan fingerprint density at radius 2 is 1.93 bits per heavy atom. The summed E-state index contributed by atoms with van der Waals surface area (Å²) in [5, 5.41) is 12.5. The summed E-state index contributed by atoms with van der Waals surface area (Å²) in [5.41, 5.74) is 2.43. The van der Waals surface area contributed by atoms with E-state index in [1.165, 1.54) is 20.3 Å². The molecule has 0 amide bonds. The fraction of sp³-hybridized carbons (Fsp3) is 0.387. The van der Waals surface area contributed by atoms with Crippen molar-refractivity contribution in [3.05, 3.63) is 59.0 Å². The number of benzene rings is 1. The number of anilines is 2. The van der Waals surface area contributed by atoms with E-state index in [1.54, 1.807) is 25.6 Å². The number of nitrogens with one attached hydrogen (secondary N) is 2. The van der Waals surface area contributed by atoms with Crippen LogP contribution in [0, 0.1) is 5.92 Å². The normalized spacial score (nSPS) is 16.4. The van der Waals surface area contributed by atoms with Gasteiger partial charge < -0.3 is 29.6 Å². The van der Waals surface area contributed by atoms with E-state index >= 15 is 0 Å². The van der Waals surface area contributed by atoms with Crippen molar-refractivity contribution in [2.75, 3.05) is 51.8 Å². The Bertz CT molecular complexity index is 1650. The molecule has 0 spiro atoms. The monoisotopic (exact) mass is 655 g/mol. The fourth-order valence-corrected chi connectivity index (χ4v) is 5.85. The maximum atomic E-state index is 12.1. The molecule has 0 radical (unpaired) electrons. The Labute approximate surface area is 271 Å². The van der Waals surface area contributed by atoms with Gasteiger partial charge >= 0.3 is 0 Å². The van der Waals surface area contributed by atoms with Crippen molar-refractivity contribution >= 4 is 51.7 Å². The van der Waals surface area contributed by atoms with Gasteiger partial charge in [0.05, 0.1) is 62.0 Å². The predicted molar refractivity (Wildman–Crippen MR) is 173 cm³/mol. The maximum Gasteiger partial charge on any atom is 0.223 e. The highest BCUT2D eigenvalue weighted by atomic mass is 35.5. The first kappa shape index (κ1) is 32.4. The van der Waals surface area contributed by atoms with E-state index in [-0.39, 0.29) is 27.8 Å². The van der Waals surface area contributed by atoms with Crippen molar-refractivity contribution in [3.8, 4) is 22.8 Å². The first-order valence-electron chi connectivity index (χ1n) is 14.4. The Kier molecular flexibility index (Phi) is 10.7. The third-order valence-electron chi connectivity index (χ3n) is 7.57. The smallest absolute Gasteiger partial charge is 0.223 e. The number of methoxy groups -OCH3 is 3. The SMILES string of the molecule is C=CC(=O)C[C@H]1CCOC[C@H]1Nc1ncc2cc(-c3c(Cl)c(OC)cc(OC)c3Cl)nc(NCc3cnn(CCOC)c3)c2n1. The summed E-state index contributed by atoms with van der Waals surface area (Å²) in [6, 6.07) is 3.29. The van der Waals surface area contributed by atoms with Gasteiger partial charge in [-0.2, -0.15) is 5.10 Å². The van der Waals surface area contributed by atoms with Gasteiger partial charge in [-0.3, -0.25) is 9.48 Å². The molecule has 1 aliphatic heterocycles. The minimum absolute atomic E-state index is 0.00613. The van der Waals surface area contributed by atoms with Gasteiger partial charge in [0.1, 0.15) is 17.0 Å². The molecule has 0 bridgehead atoms. The van der Waals surface area contributed by atoms with Crippen LogP contribution in [0.5, 0.6) is 11.5 Å². The lowest BCUT2D eigenvalue weighted by Gasteiger charge is -2.31. The number of rotatable bonds is 14. The van der Waals surface area contributed by atoms with Crippen LogP contribution in [0.25, 0.3) is 22.2 Å². The molecule has 12 nitrogen and oxygen atoms in total. The lowest BCUT2D eigenvalue weighted by Crippen LogP contribution is -2.40. The molecule has 2 atom stereocenters. The van der Waals surface area contributed by atoms with Gasteiger partial charge in [-0.15, -0.1) is 0 Å². The first-order chi connectivity index (χ1) is 21.8. The number of ether oxygens (including phenoxy) is 4. The fourth-order valence-electron chi connectivity index (χ4n) is 5.16. The van der Waals surface area contributed by atoms with Crippen molar-refractivity contribution in [2.45, 2.75) is 32.0 Å². The molecule has 1 fully saturated rings. The zero-order valence-electron chi connectivity index (χ0n) is 25.3. The molecule has 0 aliphatic carbocycles. The first-order valence-corrected chi connectivity index (χ1v) is 15.1. The minimum atomic E-state index is -0.149. The van der Waals surface area contributed by atoms with Crippen molar-refractivity contribution in [3.63, 3.8) is 0 Å². The Morgan fingerprint density at radius 3 is 2.64 bits per heavy atom. The van der Waals surface area contributed by atoms with E-state index in [9.17, 15) is 4.79 Å². The van der Waals surface area contributed by atoms with Crippen molar-refractivity contribution in [2.24, 2.45) is 5.92 Å². The van der Waals surface area contributed by atoms with Crippen LogP contribution in [0.4, 0.5) is 11.8 Å². The number of ketones is 1. The average Bonchev–Trinajstić information content (AvgIpc) is 3.51. The van der Waals surface area contributed by atoms with Gasteiger partial charge in [-0.25, -0.2) is 15.0 Å². The molecule has 5 rings (SSSR count). The number of carbonyl (C=O) groups excluding carboxylic acids is 1. The van der Waals surface area contributed by atoms with Crippen LogP contribution < -0.4 is 20.1 Å². The van der Waals surface area contributed by atoms with Gasteiger partial charge in [0, 0.05) is 61.7 Å². The van der Waals surface area contributed by atoms with Crippen LogP contribution in [0.15, 0.2) is 43.4 Å². The van der Waals surface area contributed by atoms with Crippen LogP contribution in [-0.4, -0.2) is 77.7 Å². The minimum Gasteiger partial charge on any atom is -0.495 e. The highest BCUT2D eigenvalue weighted by molar-refractivity contribution is 6.41. The van der Waals surface area contributed by atoms with Crippen molar-refractivity contribution in [1.29, 1.82) is 0 Å². The van der Waals surface area contributed by atoms with Gasteiger partial charge in [-0.05, 0) is 24.5 Å². The molecule has 45 heavy (non-hydrogen) atoms. The summed E-state index contributed by atoms with van der Waals surface area (Å²) in [7, 11) is 4.69. The summed E-state index contributed by atoms with van der Waals surface area (Å²) in [6.07, 6.45) is 7.90. The molecule has 0 unspecified atom stereocenters. The van der Waals surface area contributed by atoms with Crippen LogP contribution in [0.2, 0.25) is 10.0 Å². The topological polar surface area (TPSA) is 135 Å². The Morgan fingerprint density at radius 1 is 1.16 bits per heavy atom. The molecule has 0 saturated carbocycles. The molecule has 1 saturated heterocycles. The number of halogens is 2. The van der Waals surface area contributed by atoms with E-state index in [2.05, 4.69) is 27.3 Å². The average molecular weight is 657 g/mol. The van der Waals surface area contributed by atoms with Gasteiger partial charge in [0.25, 0.3) is 0 Å². The number of allylic oxidation sites excluding steroid dienone is 1. The second-order valence-electron chi connectivity index (χ2n) is 10.5. The Balaban J connectivity index is 1.54. The summed E-state index contributed by atoms with van der Waals surface area (Å²) in [4.78, 5) is 26.5. The zero-order valence-corrected chi connectivity index (χ0v) is 26.8. The molecule has 1 aliphatic rings. The quantitative estimate of drug-likeness (QED) is 0.168. The second-order valence-corrected chi connectivity index (χ2v) is 11.2. The van der Waals surface area contributed by atoms with Crippen molar-refractivity contribution < 1.29 is 23.7 Å². The van der Waals surface area contributed by atoms with E-state index in [1.807, 2.05) is 16.9 Å². The van der Waals surface area contributed by atoms with Crippen molar-refractivity contribution in [1.82, 2.24) is 24.7 Å². The number of fused-ring (bicyclic) bond motifs is 1. The molecule has 14 heteroatoms. The third kappa shape index (κ3) is 7.47. The zero-order chi connectivity index (χ0) is 31.9. The lowest BCUT2D eigenvalue weighted by molar-refractivity contribution is -0.116.